The molecule has 86 valence electrons. The predicted octanol–water partition coefficient (Wildman–Crippen LogP) is 1.69. The summed E-state index contributed by atoms with van der Waals surface area (Å²) in [5.74, 6) is -2.95. The van der Waals surface area contributed by atoms with Crippen LogP contribution in [-0.2, 0) is 4.79 Å². The number of carboxylic acids is 1. The number of carboxylic acid groups (broad SMARTS) is 1. The van der Waals surface area contributed by atoms with Crippen molar-refractivity contribution >= 4 is 17.6 Å². The molecule has 0 spiro atoms. The molecule has 0 aromatic rings. The van der Waals surface area contributed by atoms with Gasteiger partial charge in [-0.05, 0) is 11.3 Å². The first kappa shape index (κ1) is 12.4. The third kappa shape index (κ3) is 2.27. The molecule has 2 atom stereocenters. The van der Waals surface area contributed by atoms with Crippen molar-refractivity contribution in [1.82, 2.24) is 0 Å². The number of aliphatic carboxylic acids is 1. The molecule has 0 aliphatic heterocycles. The van der Waals surface area contributed by atoms with Crippen molar-refractivity contribution in [3.63, 3.8) is 0 Å². The molecule has 6 heteroatoms. The van der Waals surface area contributed by atoms with E-state index < -0.39 is 34.4 Å². The van der Waals surface area contributed by atoms with Crippen LogP contribution in [0.15, 0.2) is 11.1 Å². The number of hydrogen-bond donors (Lipinski definition) is 0. The molecule has 2 unspecified atom stereocenters. The zero-order valence-corrected chi connectivity index (χ0v) is 8.82. The number of carbonyl (C=O) groups excluding carboxylic acids is 1. The quantitative estimate of drug-likeness (QED) is 0.738. The lowest BCUT2D eigenvalue weighted by Crippen LogP contribution is -2.26. The standard InChI is InChI=1S/C9H10ClF3O2/c1-8(2)4(6(8)7(14)15)3-5(10)9(11,12)13/h3-4,6H,1-2H3,(H,14,15)/p-1. The second-order valence-electron chi connectivity index (χ2n) is 4.16. The fourth-order valence-electron chi connectivity index (χ4n) is 1.69. The van der Waals surface area contributed by atoms with E-state index in [0.29, 0.717) is 0 Å². The molecule has 1 rings (SSSR count). The molecule has 0 amide bonds. The van der Waals surface area contributed by atoms with Crippen LogP contribution in [-0.4, -0.2) is 12.1 Å². The molecular weight excluding hydrogens is 233 g/mol. The number of alkyl halides is 3. The van der Waals surface area contributed by atoms with Crippen LogP contribution in [0.4, 0.5) is 13.2 Å². The highest BCUT2D eigenvalue weighted by Gasteiger charge is 2.58. The molecule has 0 saturated heterocycles. The minimum absolute atomic E-state index is 0.711. The monoisotopic (exact) mass is 241 g/mol. The van der Waals surface area contributed by atoms with Crippen LogP contribution in [0.1, 0.15) is 13.8 Å². The van der Waals surface area contributed by atoms with E-state index >= 15 is 0 Å². The lowest BCUT2D eigenvalue weighted by molar-refractivity contribution is -0.309. The van der Waals surface area contributed by atoms with E-state index in [1.165, 1.54) is 0 Å². The van der Waals surface area contributed by atoms with Crippen molar-refractivity contribution in [2.24, 2.45) is 17.3 Å². The summed E-state index contributed by atoms with van der Waals surface area (Å²) < 4.78 is 36.2. The molecule has 1 aliphatic rings. The summed E-state index contributed by atoms with van der Waals surface area (Å²) in [6.07, 6.45) is -3.86. The second-order valence-corrected chi connectivity index (χ2v) is 4.56. The number of rotatable bonds is 2. The summed E-state index contributed by atoms with van der Waals surface area (Å²) in [5.41, 5.74) is -0.718. The van der Waals surface area contributed by atoms with Crippen molar-refractivity contribution in [2.45, 2.75) is 20.0 Å². The van der Waals surface area contributed by atoms with Gasteiger partial charge >= 0.3 is 6.18 Å². The highest BCUT2D eigenvalue weighted by molar-refractivity contribution is 6.30. The molecule has 1 fully saturated rings. The smallest absolute Gasteiger partial charge is 0.426 e. The maximum atomic E-state index is 12.1. The lowest BCUT2D eigenvalue weighted by Gasteiger charge is -2.04. The Labute approximate surface area is 89.7 Å². The first-order valence-corrected chi connectivity index (χ1v) is 4.61. The van der Waals surface area contributed by atoms with Gasteiger partial charge in [0.1, 0.15) is 5.03 Å². The summed E-state index contributed by atoms with van der Waals surface area (Å²) >= 11 is 5.01. The first-order valence-electron chi connectivity index (χ1n) is 4.24. The highest BCUT2D eigenvalue weighted by Crippen LogP contribution is 2.59. The average Bonchev–Trinajstić information content (AvgIpc) is 2.50. The Bertz CT molecular complexity index is 320. The predicted molar refractivity (Wildman–Crippen MR) is 45.8 cm³/mol. The summed E-state index contributed by atoms with van der Waals surface area (Å²) in [5, 5.41) is 9.28. The van der Waals surface area contributed by atoms with E-state index in [2.05, 4.69) is 0 Å². The van der Waals surface area contributed by atoms with Crippen molar-refractivity contribution in [1.29, 1.82) is 0 Å². The number of carbonyl (C=O) groups is 1. The van der Waals surface area contributed by atoms with Crippen LogP contribution >= 0.6 is 11.6 Å². The second kappa shape index (κ2) is 3.40. The first-order chi connectivity index (χ1) is 6.58. The van der Waals surface area contributed by atoms with E-state index in [1.807, 2.05) is 0 Å². The van der Waals surface area contributed by atoms with Crippen molar-refractivity contribution in [3.05, 3.63) is 11.1 Å². The number of halogens is 4. The zero-order valence-electron chi connectivity index (χ0n) is 8.06. The Balaban J connectivity index is 2.83. The maximum absolute atomic E-state index is 12.1. The summed E-state index contributed by atoms with van der Waals surface area (Å²) in [4.78, 5) is 10.6. The molecule has 0 radical (unpaired) electrons. The lowest BCUT2D eigenvalue weighted by atomic mass is 10.1. The normalized spacial score (nSPS) is 30.1. The van der Waals surface area contributed by atoms with Gasteiger partial charge in [-0.1, -0.05) is 31.5 Å². The van der Waals surface area contributed by atoms with E-state index in [0.717, 1.165) is 6.08 Å². The van der Waals surface area contributed by atoms with Gasteiger partial charge in [0, 0.05) is 11.9 Å². The minimum atomic E-state index is -4.61. The fourth-order valence-corrected chi connectivity index (χ4v) is 1.83. The maximum Gasteiger partial charge on any atom is 0.426 e. The number of allylic oxidation sites excluding steroid dienone is 2. The van der Waals surface area contributed by atoms with E-state index in [-0.39, 0.29) is 0 Å². The van der Waals surface area contributed by atoms with E-state index in [4.69, 9.17) is 11.6 Å². The third-order valence-electron chi connectivity index (χ3n) is 2.76. The van der Waals surface area contributed by atoms with Gasteiger partial charge in [0.2, 0.25) is 0 Å². The van der Waals surface area contributed by atoms with Crippen molar-refractivity contribution in [3.8, 4) is 0 Å². The third-order valence-corrected chi connectivity index (χ3v) is 3.10. The molecule has 0 N–H and O–H groups in total. The average molecular weight is 242 g/mol. The van der Waals surface area contributed by atoms with Crippen LogP contribution in [0.25, 0.3) is 0 Å². The molecule has 0 aromatic heterocycles. The van der Waals surface area contributed by atoms with Gasteiger partial charge in [0.05, 0.1) is 0 Å². The molecule has 0 bridgehead atoms. The molecule has 0 aromatic carbocycles. The van der Waals surface area contributed by atoms with Crippen LogP contribution in [0.5, 0.6) is 0 Å². The largest absolute Gasteiger partial charge is 0.550 e. The van der Waals surface area contributed by atoms with E-state index in [9.17, 15) is 23.1 Å². The van der Waals surface area contributed by atoms with Crippen molar-refractivity contribution < 1.29 is 23.1 Å². The van der Waals surface area contributed by atoms with Gasteiger partial charge in [-0.3, -0.25) is 0 Å². The fraction of sp³-hybridized carbons (Fsp3) is 0.667. The van der Waals surface area contributed by atoms with Crippen LogP contribution in [0, 0.1) is 17.3 Å². The summed E-state index contributed by atoms with van der Waals surface area (Å²) in [7, 11) is 0. The van der Waals surface area contributed by atoms with Gasteiger partial charge in [-0.25, -0.2) is 0 Å². The van der Waals surface area contributed by atoms with Gasteiger partial charge in [-0.15, -0.1) is 0 Å². The minimum Gasteiger partial charge on any atom is -0.550 e. The van der Waals surface area contributed by atoms with Crippen LogP contribution in [0.2, 0.25) is 0 Å². The zero-order chi connectivity index (χ0) is 12.0. The van der Waals surface area contributed by atoms with Gasteiger partial charge in [0.15, 0.2) is 0 Å². The molecule has 1 saturated carbocycles. The topological polar surface area (TPSA) is 40.1 Å². The Hall–Kier alpha value is -0.710. The number of hydrogen-bond acceptors (Lipinski definition) is 2. The van der Waals surface area contributed by atoms with Crippen LogP contribution < -0.4 is 5.11 Å². The highest BCUT2D eigenvalue weighted by atomic mass is 35.5. The molecule has 0 heterocycles. The molecule has 1 aliphatic carbocycles. The van der Waals surface area contributed by atoms with E-state index in [1.54, 1.807) is 13.8 Å². The summed E-state index contributed by atoms with van der Waals surface area (Å²) in [6, 6.07) is 0. The van der Waals surface area contributed by atoms with Gasteiger partial charge in [0.25, 0.3) is 0 Å². The van der Waals surface area contributed by atoms with Gasteiger partial charge < -0.3 is 9.90 Å². The van der Waals surface area contributed by atoms with Crippen LogP contribution in [0.3, 0.4) is 0 Å². The van der Waals surface area contributed by atoms with Gasteiger partial charge in [-0.2, -0.15) is 13.2 Å². The molecule has 2 nitrogen and oxygen atoms in total. The Morgan fingerprint density at radius 2 is 1.93 bits per heavy atom. The Kier molecular flexibility index (Phi) is 2.80. The Morgan fingerprint density at radius 1 is 1.47 bits per heavy atom. The van der Waals surface area contributed by atoms with Crippen molar-refractivity contribution in [2.75, 3.05) is 0 Å². The summed E-state index contributed by atoms with van der Waals surface area (Å²) in [6.45, 7) is 3.13. The Morgan fingerprint density at radius 3 is 2.20 bits per heavy atom. The molecular formula is C9H9ClF3O2-. The molecule has 15 heavy (non-hydrogen) atoms. The SMILES string of the molecule is CC1(C)C(C=C(Cl)C(F)(F)F)C1C(=O)[O-].